The van der Waals surface area contributed by atoms with Crippen molar-refractivity contribution in [2.45, 2.75) is 19.3 Å². The summed E-state index contributed by atoms with van der Waals surface area (Å²) < 4.78 is 2.37. The van der Waals surface area contributed by atoms with Gasteiger partial charge in [0.15, 0.2) is 0 Å². The lowest BCUT2D eigenvalue weighted by Gasteiger charge is -2.26. The first-order valence-electron chi connectivity index (χ1n) is 20.5. The number of hydrogen-bond donors (Lipinski definition) is 0. The molecule has 1 heterocycles. The molecule has 59 heavy (non-hydrogen) atoms. The normalized spacial score (nSPS) is 12.7. The quantitative estimate of drug-likeness (QED) is 0.157. The summed E-state index contributed by atoms with van der Waals surface area (Å²) in [7, 11) is 0. The predicted molar refractivity (Wildman–Crippen MR) is 249 cm³/mol. The molecule has 2 nitrogen and oxygen atoms in total. The summed E-state index contributed by atoms with van der Waals surface area (Å²) in [6, 6.07) is 79.6. The lowest BCUT2D eigenvalue weighted by atomic mass is 9.81. The molecule has 11 rings (SSSR count). The van der Waals surface area contributed by atoms with E-state index in [1.807, 2.05) is 0 Å². The van der Waals surface area contributed by atoms with Crippen LogP contribution in [0.3, 0.4) is 0 Å². The smallest absolute Gasteiger partial charge is 0.0541 e. The van der Waals surface area contributed by atoms with Gasteiger partial charge in [0.25, 0.3) is 0 Å². The number of para-hydroxylation sites is 3. The Bertz CT molecular complexity index is 3140. The number of fused-ring (bicyclic) bond motifs is 6. The fourth-order valence-electron chi connectivity index (χ4n) is 9.38. The van der Waals surface area contributed by atoms with E-state index in [1.54, 1.807) is 0 Å². The van der Waals surface area contributed by atoms with Crippen LogP contribution in [0, 0.1) is 0 Å². The molecular formula is C57H42N2. The van der Waals surface area contributed by atoms with Gasteiger partial charge in [-0.2, -0.15) is 0 Å². The molecule has 0 amide bonds. The van der Waals surface area contributed by atoms with E-state index in [0.29, 0.717) is 0 Å². The maximum atomic E-state index is 2.40. The minimum absolute atomic E-state index is 0.0262. The summed E-state index contributed by atoms with van der Waals surface area (Å²) in [5.74, 6) is 0. The van der Waals surface area contributed by atoms with Crippen molar-refractivity contribution in [3.8, 4) is 50.2 Å². The summed E-state index contributed by atoms with van der Waals surface area (Å²) in [5, 5.41) is 2.53. The van der Waals surface area contributed by atoms with Gasteiger partial charge in [-0.1, -0.05) is 159 Å². The summed E-state index contributed by atoms with van der Waals surface area (Å²) in [6.45, 7) is 4.69. The van der Waals surface area contributed by atoms with Crippen molar-refractivity contribution >= 4 is 38.9 Å². The van der Waals surface area contributed by atoms with Crippen molar-refractivity contribution < 1.29 is 0 Å². The van der Waals surface area contributed by atoms with Crippen molar-refractivity contribution in [2.24, 2.45) is 0 Å². The zero-order chi connectivity index (χ0) is 39.5. The molecule has 1 aliphatic carbocycles. The maximum Gasteiger partial charge on any atom is 0.0541 e. The van der Waals surface area contributed by atoms with Crippen molar-refractivity contribution in [1.29, 1.82) is 0 Å². The first-order valence-corrected chi connectivity index (χ1v) is 20.5. The number of benzene rings is 9. The van der Waals surface area contributed by atoms with Crippen LogP contribution in [0.2, 0.25) is 0 Å². The molecule has 0 radical (unpaired) electrons. The van der Waals surface area contributed by atoms with Gasteiger partial charge in [-0.3, -0.25) is 0 Å². The van der Waals surface area contributed by atoms with Crippen LogP contribution >= 0.6 is 0 Å². The van der Waals surface area contributed by atoms with Gasteiger partial charge in [0, 0.05) is 38.9 Å². The Kier molecular flexibility index (Phi) is 8.20. The second kappa shape index (κ2) is 13.9. The van der Waals surface area contributed by atoms with Gasteiger partial charge in [-0.05, 0) is 128 Å². The van der Waals surface area contributed by atoms with Crippen LogP contribution < -0.4 is 4.90 Å². The lowest BCUT2D eigenvalue weighted by Crippen LogP contribution is -2.14. The van der Waals surface area contributed by atoms with Crippen LogP contribution in [0.1, 0.15) is 25.0 Å². The number of rotatable bonds is 7. The standard InChI is InChI=1S/C57H42N2/c1-57(2)53-19-11-9-17-49(53)50-35-29-44(38-54(50)57)42-27-33-48(34-28-42)58(45-13-5-3-6-14-45)47-31-25-40(26-32-47)39-21-23-41(24-22-39)43-30-36-56-52(37-43)51-18-10-12-20-55(51)59(56)46-15-7-4-8-16-46/h3-38H,1-2H3. The van der Waals surface area contributed by atoms with Gasteiger partial charge in [-0.25, -0.2) is 0 Å². The molecule has 0 aliphatic heterocycles. The number of hydrogen-bond acceptors (Lipinski definition) is 1. The highest BCUT2D eigenvalue weighted by molar-refractivity contribution is 6.10. The van der Waals surface area contributed by atoms with Crippen LogP contribution in [-0.2, 0) is 5.41 Å². The first-order chi connectivity index (χ1) is 29.0. The van der Waals surface area contributed by atoms with Gasteiger partial charge in [0.1, 0.15) is 0 Å². The Balaban J connectivity index is 0.875. The molecule has 0 fully saturated rings. The Morgan fingerprint density at radius 2 is 0.797 bits per heavy atom. The van der Waals surface area contributed by atoms with E-state index in [4.69, 9.17) is 0 Å². The van der Waals surface area contributed by atoms with E-state index in [0.717, 1.165) is 17.1 Å². The third kappa shape index (κ3) is 5.87. The molecule has 0 unspecified atom stereocenters. The second-order valence-electron chi connectivity index (χ2n) is 16.2. The largest absolute Gasteiger partial charge is 0.311 e. The Morgan fingerprint density at radius 3 is 1.47 bits per heavy atom. The zero-order valence-electron chi connectivity index (χ0n) is 33.2. The summed E-state index contributed by atoms with van der Waals surface area (Å²) >= 11 is 0. The van der Waals surface area contributed by atoms with E-state index in [2.05, 4.69) is 242 Å². The molecule has 0 saturated carbocycles. The van der Waals surface area contributed by atoms with Crippen molar-refractivity contribution in [3.63, 3.8) is 0 Å². The SMILES string of the molecule is CC1(C)c2ccccc2-c2ccc(-c3ccc(N(c4ccccc4)c4ccc(-c5ccc(-c6ccc7c(c6)c6ccccc6n7-c6ccccc6)cc5)cc4)cc3)cc21. The molecule has 0 bridgehead atoms. The highest BCUT2D eigenvalue weighted by atomic mass is 15.1. The fourth-order valence-corrected chi connectivity index (χ4v) is 9.38. The van der Waals surface area contributed by atoms with Crippen LogP contribution in [0.25, 0.3) is 72.0 Å². The Labute approximate surface area is 345 Å². The number of nitrogens with zero attached hydrogens (tertiary/aromatic N) is 2. The van der Waals surface area contributed by atoms with Gasteiger partial charge in [-0.15, -0.1) is 0 Å². The van der Waals surface area contributed by atoms with Crippen LogP contribution in [0.15, 0.2) is 218 Å². The summed E-state index contributed by atoms with van der Waals surface area (Å²) in [4.78, 5) is 2.34. The van der Waals surface area contributed by atoms with E-state index in [-0.39, 0.29) is 5.41 Å². The molecule has 10 aromatic rings. The Morgan fingerprint density at radius 1 is 0.339 bits per heavy atom. The number of aromatic nitrogens is 1. The summed E-state index contributed by atoms with van der Waals surface area (Å²) in [6.07, 6.45) is 0. The zero-order valence-corrected chi connectivity index (χ0v) is 33.2. The minimum atomic E-state index is -0.0262. The van der Waals surface area contributed by atoms with E-state index < -0.39 is 0 Å². The van der Waals surface area contributed by atoms with E-state index in [9.17, 15) is 0 Å². The molecule has 0 atom stereocenters. The van der Waals surface area contributed by atoms with Gasteiger partial charge in [0.2, 0.25) is 0 Å². The molecule has 1 aromatic heterocycles. The predicted octanol–water partition coefficient (Wildman–Crippen LogP) is 15.6. The average Bonchev–Trinajstić information content (AvgIpc) is 3.75. The van der Waals surface area contributed by atoms with Crippen LogP contribution in [0.4, 0.5) is 17.1 Å². The highest BCUT2D eigenvalue weighted by Gasteiger charge is 2.35. The van der Waals surface area contributed by atoms with Crippen molar-refractivity contribution in [1.82, 2.24) is 4.57 Å². The maximum absolute atomic E-state index is 2.40. The third-order valence-electron chi connectivity index (χ3n) is 12.4. The molecule has 2 heteroatoms. The van der Waals surface area contributed by atoms with E-state index >= 15 is 0 Å². The summed E-state index contributed by atoms with van der Waals surface area (Å²) in [5.41, 5.74) is 19.7. The first kappa shape index (κ1) is 34.8. The van der Waals surface area contributed by atoms with Crippen LogP contribution in [0.5, 0.6) is 0 Å². The molecular weight excluding hydrogens is 713 g/mol. The van der Waals surface area contributed by atoms with Crippen molar-refractivity contribution in [2.75, 3.05) is 4.90 Å². The minimum Gasteiger partial charge on any atom is -0.311 e. The van der Waals surface area contributed by atoms with Crippen molar-refractivity contribution in [3.05, 3.63) is 230 Å². The second-order valence-corrected chi connectivity index (χ2v) is 16.2. The molecule has 0 N–H and O–H groups in total. The molecule has 280 valence electrons. The molecule has 0 spiro atoms. The van der Waals surface area contributed by atoms with E-state index in [1.165, 1.54) is 83.1 Å². The Hall–Kier alpha value is -7.42. The lowest BCUT2D eigenvalue weighted by molar-refractivity contribution is 0.660. The van der Waals surface area contributed by atoms with Crippen LogP contribution in [-0.4, -0.2) is 4.57 Å². The average molecular weight is 755 g/mol. The fraction of sp³-hybridized carbons (Fsp3) is 0.0526. The van der Waals surface area contributed by atoms with Gasteiger partial charge >= 0.3 is 0 Å². The molecule has 0 saturated heterocycles. The molecule has 9 aromatic carbocycles. The van der Waals surface area contributed by atoms with Gasteiger partial charge < -0.3 is 9.47 Å². The molecule has 1 aliphatic rings. The monoisotopic (exact) mass is 754 g/mol. The third-order valence-corrected chi connectivity index (χ3v) is 12.4. The highest BCUT2D eigenvalue weighted by Crippen LogP contribution is 2.49. The number of anilines is 3. The topological polar surface area (TPSA) is 8.17 Å². The van der Waals surface area contributed by atoms with Gasteiger partial charge in [0.05, 0.1) is 11.0 Å².